The second-order valence-electron chi connectivity index (χ2n) is 3.03. The predicted octanol–water partition coefficient (Wildman–Crippen LogP) is 2.95. The minimum atomic E-state index is 0.572. The number of rotatable bonds is 1. The first kappa shape index (κ1) is 8.54. The van der Waals surface area contributed by atoms with Gasteiger partial charge in [-0.25, -0.2) is 0 Å². The average molecular weight is 192 g/mol. The summed E-state index contributed by atoms with van der Waals surface area (Å²) in [5.74, 6) is 0. The lowest BCUT2D eigenvalue weighted by molar-refractivity contribution is 1.08. The molecule has 0 aliphatic rings. The zero-order valence-electron chi connectivity index (χ0n) is 7.13. The van der Waals surface area contributed by atoms with Crippen LogP contribution in [-0.4, -0.2) is 0 Å². The standard InChI is InChI=1S/C11H10ClN/c12-11-4-3-9-2-1-8(7-13)5-10(9)6-11/h1-6H,7,13H2. The molecular weight excluding hydrogens is 182 g/mol. The first-order valence-electron chi connectivity index (χ1n) is 4.18. The molecule has 0 bridgehead atoms. The van der Waals surface area contributed by atoms with Gasteiger partial charge in [0, 0.05) is 11.6 Å². The van der Waals surface area contributed by atoms with E-state index in [4.69, 9.17) is 17.3 Å². The van der Waals surface area contributed by atoms with Crippen LogP contribution in [0.2, 0.25) is 5.02 Å². The minimum absolute atomic E-state index is 0.572. The van der Waals surface area contributed by atoms with E-state index in [0.29, 0.717) is 6.54 Å². The SMILES string of the molecule is NCc1ccc2ccc(Cl)cc2c1. The molecule has 1 nitrogen and oxygen atoms in total. The van der Waals surface area contributed by atoms with Crippen LogP contribution >= 0.6 is 11.6 Å². The topological polar surface area (TPSA) is 26.0 Å². The molecule has 2 rings (SSSR count). The summed E-state index contributed by atoms with van der Waals surface area (Å²) in [4.78, 5) is 0. The van der Waals surface area contributed by atoms with Crippen LogP contribution in [0.15, 0.2) is 36.4 Å². The monoisotopic (exact) mass is 191 g/mol. The van der Waals surface area contributed by atoms with Gasteiger partial charge in [0.2, 0.25) is 0 Å². The highest BCUT2D eigenvalue weighted by Crippen LogP contribution is 2.20. The van der Waals surface area contributed by atoms with Gasteiger partial charge in [-0.05, 0) is 34.5 Å². The number of benzene rings is 2. The van der Waals surface area contributed by atoms with Crippen LogP contribution in [0.5, 0.6) is 0 Å². The fourth-order valence-corrected chi connectivity index (χ4v) is 1.57. The zero-order chi connectivity index (χ0) is 9.26. The number of nitrogens with two attached hydrogens (primary N) is 1. The maximum atomic E-state index is 5.88. The lowest BCUT2D eigenvalue weighted by Gasteiger charge is -2.01. The first-order valence-corrected chi connectivity index (χ1v) is 4.55. The molecule has 0 aliphatic carbocycles. The Morgan fingerprint density at radius 1 is 1.00 bits per heavy atom. The van der Waals surface area contributed by atoms with Crippen molar-refractivity contribution < 1.29 is 0 Å². The van der Waals surface area contributed by atoms with Gasteiger partial charge < -0.3 is 5.73 Å². The van der Waals surface area contributed by atoms with Crippen molar-refractivity contribution in [1.29, 1.82) is 0 Å². The number of halogens is 1. The third-order valence-corrected chi connectivity index (χ3v) is 2.34. The number of fused-ring (bicyclic) bond motifs is 1. The molecule has 0 aromatic heterocycles. The van der Waals surface area contributed by atoms with E-state index >= 15 is 0 Å². The summed E-state index contributed by atoms with van der Waals surface area (Å²) in [5.41, 5.74) is 6.68. The van der Waals surface area contributed by atoms with E-state index in [1.54, 1.807) is 0 Å². The maximum absolute atomic E-state index is 5.88. The molecule has 0 unspecified atom stereocenters. The van der Waals surface area contributed by atoms with Crippen LogP contribution in [0, 0.1) is 0 Å². The molecule has 0 atom stereocenters. The fraction of sp³-hybridized carbons (Fsp3) is 0.0909. The first-order chi connectivity index (χ1) is 6.29. The normalized spacial score (nSPS) is 10.6. The number of hydrogen-bond acceptors (Lipinski definition) is 1. The summed E-state index contributed by atoms with van der Waals surface area (Å²) in [6.45, 7) is 0.572. The van der Waals surface area contributed by atoms with Crippen LogP contribution in [0.3, 0.4) is 0 Å². The highest BCUT2D eigenvalue weighted by molar-refractivity contribution is 6.31. The van der Waals surface area contributed by atoms with Crippen LogP contribution in [0.4, 0.5) is 0 Å². The maximum Gasteiger partial charge on any atom is 0.0412 e. The van der Waals surface area contributed by atoms with E-state index in [1.165, 1.54) is 5.39 Å². The molecule has 13 heavy (non-hydrogen) atoms. The second-order valence-corrected chi connectivity index (χ2v) is 3.47. The van der Waals surface area contributed by atoms with Gasteiger partial charge in [0.15, 0.2) is 0 Å². The molecule has 0 radical (unpaired) electrons. The molecule has 66 valence electrons. The molecule has 2 N–H and O–H groups in total. The Kier molecular flexibility index (Phi) is 2.21. The average Bonchev–Trinajstić information content (AvgIpc) is 2.16. The van der Waals surface area contributed by atoms with Crippen molar-refractivity contribution in [2.24, 2.45) is 5.73 Å². The molecule has 0 saturated carbocycles. The van der Waals surface area contributed by atoms with Gasteiger partial charge in [-0.1, -0.05) is 29.8 Å². The van der Waals surface area contributed by atoms with E-state index in [2.05, 4.69) is 12.1 Å². The van der Waals surface area contributed by atoms with Gasteiger partial charge in [0.25, 0.3) is 0 Å². The smallest absolute Gasteiger partial charge is 0.0412 e. The molecule has 0 spiro atoms. The molecule has 2 heteroatoms. The largest absolute Gasteiger partial charge is 0.326 e. The van der Waals surface area contributed by atoms with Crippen molar-refractivity contribution in [2.45, 2.75) is 6.54 Å². The van der Waals surface area contributed by atoms with E-state index in [1.807, 2.05) is 24.3 Å². The Bertz CT molecular complexity index is 437. The third kappa shape index (κ3) is 1.67. The molecule has 0 heterocycles. The summed E-state index contributed by atoms with van der Waals surface area (Å²) in [5, 5.41) is 3.11. The third-order valence-electron chi connectivity index (χ3n) is 2.10. The summed E-state index contributed by atoms with van der Waals surface area (Å²) in [6, 6.07) is 12.0. The molecule has 0 fully saturated rings. The van der Waals surface area contributed by atoms with Crippen molar-refractivity contribution >= 4 is 22.4 Å². The van der Waals surface area contributed by atoms with Gasteiger partial charge in [-0.3, -0.25) is 0 Å². The fourth-order valence-electron chi connectivity index (χ4n) is 1.39. The van der Waals surface area contributed by atoms with Crippen molar-refractivity contribution in [2.75, 3.05) is 0 Å². The quantitative estimate of drug-likeness (QED) is 0.737. The Balaban J connectivity index is 2.68. The molecule has 0 amide bonds. The molecular formula is C11H10ClN. The second kappa shape index (κ2) is 3.36. The Labute approximate surface area is 82.1 Å². The van der Waals surface area contributed by atoms with Crippen molar-refractivity contribution in [3.05, 3.63) is 47.0 Å². The van der Waals surface area contributed by atoms with Gasteiger partial charge in [-0.15, -0.1) is 0 Å². The molecule has 2 aromatic rings. The van der Waals surface area contributed by atoms with Crippen LogP contribution in [0.1, 0.15) is 5.56 Å². The summed E-state index contributed by atoms with van der Waals surface area (Å²) in [7, 11) is 0. The Morgan fingerprint density at radius 2 is 1.77 bits per heavy atom. The highest BCUT2D eigenvalue weighted by Gasteiger charge is 1.95. The number of hydrogen-bond donors (Lipinski definition) is 1. The van der Waals surface area contributed by atoms with Crippen LogP contribution < -0.4 is 5.73 Å². The zero-order valence-corrected chi connectivity index (χ0v) is 7.88. The summed E-state index contributed by atoms with van der Waals surface area (Å²) >= 11 is 5.88. The van der Waals surface area contributed by atoms with Crippen LogP contribution in [-0.2, 0) is 6.54 Å². The summed E-state index contributed by atoms with van der Waals surface area (Å²) < 4.78 is 0. The van der Waals surface area contributed by atoms with E-state index in [0.717, 1.165) is 16.0 Å². The minimum Gasteiger partial charge on any atom is -0.326 e. The molecule has 2 aromatic carbocycles. The highest BCUT2D eigenvalue weighted by atomic mass is 35.5. The van der Waals surface area contributed by atoms with Crippen molar-refractivity contribution in [1.82, 2.24) is 0 Å². The van der Waals surface area contributed by atoms with Crippen LogP contribution in [0.25, 0.3) is 10.8 Å². The Morgan fingerprint density at radius 3 is 2.54 bits per heavy atom. The van der Waals surface area contributed by atoms with E-state index in [-0.39, 0.29) is 0 Å². The van der Waals surface area contributed by atoms with E-state index in [9.17, 15) is 0 Å². The van der Waals surface area contributed by atoms with Crippen molar-refractivity contribution in [3.63, 3.8) is 0 Å². The lowest BCUT2D eigenvalue weighted by Crippen LogP contribution is -1.95. The van der Waals surface area contributed by atoms with Gasteiger partial charge in [-0.2, -0.15) is 0 Å². The van der Waals surface area contributed by atoms with Gasteiger partial charge in [0.1, 0.15) is 0 Å². The summed E-state index contributed by atoms with van der Waals surface area (Å²) in [6.07, 6.45) is 0. The van der Waals surface area contributed by atoms with Gasteiger partial charge in [0.05, 0.1) is 0 Å². The van der Waals surface area contributed by atoms with Crippen molar-refractivity contribution in [3.8, 4) is 0 Å². The molecule has 0 saturated heterocycles. The van der Waals surface area contributed by atoms with Gasteiger partial charge >= 0.3 is 0 Å². The van der Waals surface area contributed by atoms with E-state index < -0.39 is 0 Å². The predicted molar refractivity (Wildman–Crippen MR) is 56.8 cm³/mol. The molecule has 0 aliphatic heterocycles. The lowest BCUT2D eigenvalue weighted by atomic mass is 10.1. The Hall–Kier alpha value is -1.05.